The van der Waals surface area contributed by atoms with Gasteiger partial charge in [0.25, 0.3) is 0 Å². The van der Waals surface area contributed by atoms with Gasteiger partial charge in [-0.1, -0.05) is 22.0 Å². The summed E-state index contributed by atoms with van der Waals surface area (Å²) in [7, 11) is 0. The van der Waals surface area contributed by atoms with Crippen molar-refractivity contribution in [2.75, 3.05) is 0 Å². The van der Waals surface area contributed by atoms with Crippen LogP contribution in [0.4, 0.5) is 0 Å². The van der Waals surface area contributed by atoms with Crippen LogP contribution in [0.5, 0.6) is 0 Å². The molecule has 0 rings (SSSR count). The van der Waals surface area contributed by atoms with Gasteiger partial charge in [0, 0.05) is 5.70 Å². The molecule has 0 aromatic carbocycles. The van der Waals surface area contributed by atoms with Gasteiger partial charge in [0.15, 0.2) is 0 Å². The zero-order valence-electron chi connectivity index (χ0n) is 6.00. The lowest BCUT2D eigenvalue weighted by atomic mass is 10.4. The Labute approximate surface area is 65.6 Å². The molecular formula is C6H10ClN3. The molecule has 0 aliphatic carbocycles. The van der Waals surface area contributed by atoms with E-state index in [4.69, 9.17) is 11.8 Å². The largest absolute Gasteiger partial charge is 0.263 e. The molecule has 3 nitrogen and oxygen atoms in total. The fourth-order valence-corrected chi connectivity index (χ4v) is 0.413. The normalized spacial score (nSPS) is 13.3. The van der Waals surface area contributed by atoms with Crippen molar-refractivity contribution in [3.05, 3.63) is 23.9 Å². The van der Waals surface area contributed by atoms with E-state index in [-0.39, 0.29) is 0 Å². The molecule has 1 N–H and O–H groups in total. The first-order chi connectivity index (χ1) is 4.81. The Morgan fingerprint density at radius 3 is 2.80 bits per heavy atom. The Balaban J connectivity index is 3.70. The van der Waals surface area contributed by atoms with Gasteiger partial charge in [-0.2, -0.15) is 0 Å². The summed E-state index contributed by atoms with van der Waals surface area (Å²) in [5.74, 6) is 0. The third-order valence-corrected chi connectivity index (χ3v) is 0.878. The third kappa shape index (κ3) is 5.31. The highest BCUT2D eigenvalue weighted by molar-refractivity contribution is 6.13. The second kappa shape index (κ2) is 6.29. The topological polar surface area (TPSA) is 36.8 Å². The Hall–Kier alpha value is -0.830. The zero-order chi connectivity index (χ0) is 7.82. The van der Waals surface area contributed by atoms with E-state index in [9.17, 15) is 0 Å². The molecular weight excluding hydrogens is 150 g/mol. The molecule has 0 amide bonds. The highest BCUT2D eigenvalue weighted by Crippen LogP contribution is 1.88. The minimum Gasteiger partial charge on any atom is -0.263 e. The monoisotopic (exact) mass is 159 g/mol. The molecule has 0 saturated carbocycles. The second-order valence-corrected chi connectivity index (χ2v) is 1.81. The van der Waals surface area contributed by atoms with Crippen molar-refractivity contribution in [1.82, 2.24) is 5.43 Å². The van der Waals surface area contributed by atoms with Gasteiger partial charge in [0.2, 0.25) is 0 Å². The summed E-state index contributed by atoms with van der Waals surface area (Å²) in [4.78, 5) is 0. The van der Waals surface area contributed by atoms with Crippen molar-refractivity contribution in [3.8, 4) is 0 Å². The van der Waals surface area contributed by atoms with E-state index in [0.717, 1.165) is 5.70 Å². The van der Waals surface area contributed by atoms with Crippen LogP contribution in [-0.2, 0) is 0 Å². The highest BCUT2D eigenvalue weighted by Gasteiger charge is 1.78. The number of nitrogens with zero attached hydrogens (tertiary/aromatic N) is 2. The number of nitrogens with one attached hydrogen (secondary N) is 1. The molecule has 0 aromatic heterocycles. The first-order valence-electron chi connectivity index (χ1n) is 2.88. The van der Waals surface area contributed by atoms with Crippen molar-refractivity contribution >= 4 is 11.8 Å². The maximum absolute atomic E-state index is 4.93. The summed E-state index contributed by atoms with van der Waals surface area (Å²) in [6, 6.07) is 0. The number of allylic oxidation sites excluding steroid dienone is 4. The molecule has 0 bridgehead atoms. The van der Waals surface area contributed by atoms with Crippen LogP contribution >= 0.6 is 11.8 Å². The Kier molecular flexibility index (Phi) is 5.77. The van der Waals surface area contributed by atoms with E-state index >= 15 is 0 Å². The van der Waals surface area contributed by atoms with Gasteiger partial charge in [-0.3, -0.25) is 5.43 Å². The molecule has 0 saturated heterocycles. The molecule has 0 heterocycles. The van der Waals surface area contributed by atoms with Gasteiger partial charge in [0.1, 0.15) is 0 Å². The molecule has 0 radical (unpaired) electrons. The van der Waals surface area contributed by atoms with Crippen LogP contribution in [-0.4, -0.2) is 0 Å². The van der Waals surface area contributed by atoms with Crippen LogP contribution in [0.15, 0.2) is 33.8 Å². The van der Waals surface area contributed by atoms with Crippen LogP contribution in [0.1, 0.15) is 13.8 Å². The van der Waals surface area contributed by atoms with Gasteiger partial charge in [0.05, 0.1) is 11.8 Å². The molecule has 4 heteroatoms. The fourth-order valence-electron chi connectivity index (χ4n) is 0.376. The van der Waals surface area contributed by atoms with Crippen LogP contribution in [0.25, 0.3) is 0 Å². The lowest BCUT2D eigenvalue weighted by Gasteiger charge is -1.92. The van der Waals surface area contributed by atoms with E-state index < -0.39 is 0 Å². The van der Waals surface area contributed by atoms with Gasteiger partial charge in [-0.15, -0.1) is 0 Å². The lowest BCUT2D eigenvalue weighted by Crippen LogP contribution is -1.98. The maximum Gasteiger partial charge on any atom is 0.0621 e. The summed E-state index contributed by atoms with van der Waals surface area (Å²) in [6.07, 6.45) is 5.68. The average Bonchev–Trinajstić information content (AvgIpc) is 1.97. The van der Waals surface area contributed by atoms with Crippen molar-refractivity contribution < 1.29 is 0 Å². The summed E-state index contributed by atoms with van der Waals surface area (Å²) in [5, 5.41) is 3.36. The molecule has 0 fully saturated rings. The molecule has 0 aliphatic heterocycles. The smallest absolute Gasteiger partial charge is 0.0621 e. The lowest BCUT2D eigenvalue weighted by molar-refractivity contribution is 0.831. The quantitative estimate of drug-likeness (QED) is 0.384. The number of halogens is 1. The van der Waals surface area contributed by atoms with Crippen LogP contribution in [0, 0.1) is 0 Å². The van der Waals surface area contributed by atoms with Gasteiger partial charge >= 0.3 is 0 Å². The SMILES string of the molecule is C/C=C/C=C(/C)NN=NCl. The van der Waals surface area contributed by atoms with Crippen molar-refractivity contribution in [2.24, 2.45) is 9.86 Å². The standard InChI is InChI=1S/C6H10ClN3/c1-3-4-5-6(2)8-10-9-7/h3-5H,1-2H3,(H,8,9)/b4-3+,6-5-. The summed E-state index contributed by atoms with van der Waals surface area (Å²) in [6.45, 7) is 3.80. The van der Waals surface area contributed by atoms with Gasteiger partial charge in [-0.25, -0.2) is 0 Å². The minimum absolute atomic E-state index is 0.891. The van der Waals surface area contributed by atoms with E-state index in [1.807, 2.05) is 32.1 Å². The maximum atomic E-state index is 4.93. The minimum atomic E-state index is 0.891. The van der Waals surface area contributed by atoms with Crippen LogP contribution in [0.2, 0.25) is 0 Å². The molecule has 10 heavy (non-hydrogen) atoms. The summed E-state index contributed by atoms with van der Waals surface area (Å²) < 4.78 is 3.00. The van der Waals surface area contributed by atoms with E-state index in [1.165, 1.54) is 0 Å². The highest BCUT2D eigenvalue weighted by atomic mass is 35.5. The molecule has 56 valence electrons. The number of hydrogen-bond acceptors (Lipinski definition) is 2. The predicted molar refractivity (Wildman–Crippen MR) is 42.4 cm³/mol. The first kappa shape index (κ1) is 9.17. The van der Waals surface area contributed by atoms with Gasteiger partial charge in [-0.05, 0) is 19.9 Å². The van der Waals surface area contributed by atoms with Crippen molar-refractivity contribution in [2.45, 2.75) is 13.8 Å². The first-order valence-corrected chi connectivity index (χ1v) is 3.21. The molecule has 0 aromatic rings. The number of rotatable bonds is 3. The third-order valence-electron chi connectivity index (χ3n) is 0.803. The Bertz CT molecular complexity index is 160. The molecule has 0 unspecified atom stereocenters. The zero-order valence-corrected chi connectivity index (χ0v) is 6.76. The molecule has 0 atom stereocenters. The van der Waals surface area contributed by atoms with Gasteiger partial charge < -0.3 is 0 Å². The fraction of sp³-hybridized carbons (Fsp3) is 0.333. The summed E-state index contributed by atoms with van der Waals surface area (Å²) in [5.41, 5.74) is 3.49. The van der Waals surface area contributed by atoms with Crippen LogP contribution < -0.4 is 5.43 Å². The Morgan fingerprint density at radius 2 is 2.30 bits per heavy atom. The summed E-state index contributed by atoms with van der Waals surface area (Å²) >= 11 is 4.93. The van der Waals surface area contributed by atoms with E-state index in [0.29, 0.717) is 0 Å². The predicted octanol–water partition coefficient (Wildman–Crippen LogP) is 2.58. The van der Waals surface area contributed by atoms with E-state index in [2.05, 4.69) is 15.3 Å². The van der Waals surface area contributed by atoms with E-state index in [1.54, 1.807) is 0 Å². The molecule has 0 spiro atoms. The second-order valence-electron chi connectivity index (χ2n) is 1.66. The average molecular weight is 160 g/mol. The number of hydrogen-bond donors (Lipinski definition) is 1. The molecule has 0 aliphatic rings. The van der Waals surface area contributed by atoms with Crippen molar-refractivity contribution in [3.63, 3.8) is 0 Å². The van der Waals surface area contributed by atoms with Crippen molar-refractivity contribution in [1.29, 1.82) is 0 Å². The Morgan fingerprint density at radius 1 is 1.60 bits per heavy atom. The van der Waals surface area contributed by atoms with Crippen LogP contribution in [0.3, 0.4) is 0 Å².